The molecule has 0 saturated heterocycles. The third kappa shape index (κ3) is 3.08. The van der Waals surface area contributed by atoms with Crippen LogP contribution < -0.4 is 0 Å². The van der Waals surface area contributed by atoms with E-state index in [2.05, 4.69) is 133 Å². The lowest BCUT2D eigenvalue weighted by atomic mass is 9.89. The Kier molecular flexibility index (Phi) is 4.36. The molecule has 1 heterocycles. The van der Waals surface area contributed by atoms with E-state index in [1.807, 2.05) is 11.8 Å². The molecular formula is C38H22S. The molecule has 39 heavy (non-hydrogen) atoms. The quantitative estimate of drug-likeness (QED) is 0.208. The lowest BCUT2D eigenvalue weighted by molar-refractivity contribution is 1.39. The zero-order valence-corrected chi connectivity index (χ0v) is 21.9. The number of fused-ring (bicyclic) bond motifs is 2. The summed E-state index contributed by atoms with van der Waals surface area (Å²) in [6.07, 6.45) is 0. The van der Waals surface area contributed by atoms with Gasteiger partial charge in [0.1, 0.15) is 0 Å². The molecule has 1 heteroatoms. The van der Waals surface area contributed by atoms with E-state index in [0.717, 1.165) is 0 Å². The van der Waals surface area contributed by atoms with Crippen molar-refractivity contribution in [3.05, 3.63) is 133 Å². The van der Waals surface area contributed by atoms with Crippen LogP contribution in [0.25, 0.3) is 76.5 Å². The smallest absolute Gasteiger partial charge is 0.0207 e. The van der Waals surface area contributed by atoms with E-state index in [1.165, 1.54) is 86.3 Å². The Labute approximate surface area is 230 Å². The summed E-state index contributed by atoms with van der Waals surface area (Å²) in [6.45, 7) is 0. The molecule has 0 amide bonds. The van der Waals surface area contributed by atoms with Gasteiger partial charge in [0.2, 0.25) is 0 Å². The van der Waals surface area contributed by atoms with E-state index >= 15 is 0 Å². The molecule has 1 aliphatic heterocycles. The summed E-state index contributed by atoms with van der Waals surface area (Å²) >= 11 is 1.89. The van der Waals surface area contributed by atoms with Crippen LogP contribution in [0.3, 0.4) is 0 Å². The standard InChI is InChI=1S/C38H22S/c1-5-24-13-14-26-15-18-30(33-20-16-25(6-1)36(24)38(26)33)29-10-2-9-27(21-29)28-17-19-31-32-11-3-7-23-8-4-12-34(37(23)32)39-35(31)22-28/h1-22H. The van der Waals surface area contributed by atoms with Crippen molar-refractivity contribution in [2.45, 2.75) is 9.79 Å². The Morgan fingerprint density at radius 2 is 0.949 bits per heavy atom. The molecule has 8 aromatic carbocycles. The van der Waals surface area contributed by atoms with Crippen molar-refractivity contribution < 1.29 is 0 Å². The fourth-order valence-corrected chi connectivity index (χ4v) is 7.78. The highest BCUT2D eigenvalue weighted by Crippen LogP contribution is 2.49. The van der Waals surface area contributed by atoms with Crippen LogP contribution in [-0.4, -0.2) is 0 Å². The Hall–Kier alpha value is -4.59. The van der Waals surface area contributed by atoms with Crippen molar-refractivity contribution in [3.8, 4) is 33.4 Å². The molecule has 0 atom stereocenters. The van der Waals surface area contributed by atoms with Gasteiger partial charge in [0.25, 0.3) is 0 Å². The van der Waals surface area contributed by atoms with Crippen LogP contribution in [0.1, 0.15) is 0 Å². The van der Waals surface area contributed by atoms with Crippen LogP contribution >= 0.6 is 11.8 Å². The Balaban J connectivity index is 1.20. The molecule has 0 aliphatic carbocycles. The maximum atomic E-state index is 2.37. The fraction of sp³-hybridized carbons (Fsp3) is 0. The summed E-state index contributed by atoms with van der Waals surface area (Å²) in [5.74, 6) is 0. The van der Waals surface area contributed by atoms with Crippen LogP contribution in [0, 0.1) is 0 Å². The number of hydrogen-bond acceptors (Lipinski definition) is 1. The van der Waals surface area contributed by atoms with Gasteiger partial charge in [0, 0.05) is 15.2 Å². The zero-order valence-electron chi connectivity index (χ0n) is 21.1. The second-order valence-corrected chi connectivity index (χ2v) is 11.6. The van der Waals surface area contributed by atoms with Crippen molar-refractivity contribution in [2.75, 3.05) is 0 Å². The van der Waals surface area contributed by atoms with E-state index < -0.39 is 0 Å². The maximum absolute atomic E-state index is 2.37. The molecular weight excluding hydrogens is 488 g/mol. The highest BCUT2D eigenvalue weighted by molar-refractivity contribution is 7.99. The van der Waals surface area contributed by atoms with E-state index in [4.69, 9.17) is 0 Å². The molecule has 0 fully saturated rings. The SMILES string of the molecule is c1cc(-c2ccc3c(c2)Sc2cccc4cccc-3c24)cc(-c2ccc3ccc4cccc5ccc2c3c45)c1. The normalized spacial score (nSPS) is 12.5. The van der Waals surface area contributed by atoms with E-state index in [0.29, 0.717) is 0 Å². The van der Waals surface area contributed by atoms with Gasteiger partial charge in [-0.25, -0.2) is 0 Å². The first kappa shape index (κ1) is 21.4. The second kappa shape index (κ2) is 7.96. The monoisotopic (exact) mass is 510 g/mol. The van der Waals surface area contributed by atoms with Crippen molar-refractivity contribution >= 4 is 54.9 Å². The molecule has 9 rings (SSSR count). The molecule has 0 N–H and O–H groups in total. The molecule has 1 aliphatic rings. The highest BCUT2D eigenvalue weighted by Gasteiger charge is 2.19. The minimum absolute atomic E-state index is 1.25. The van der Waals surface area contributed by atoms with Crippen LogP contribution in [0.4, 0.5) is 0 Å². The maximum Gasteiger partial charge on any atom is 0.0207 e. The van der Waals surface area contributed by atoms with Gasteiger partial charge in [-0.15, -0.1) is 0 Å². The lowest BCUT2D eigenvalue weighted by Gasteiger charge is -2.21. The molecule has 8 aromatic rings. The van der Waals surface area contributed by atoms with Gasteiger partial charge in [-0.05, 0) is 89.3 Å². The van der Waals surface area contributed by atoms with E-state index in [9.17, 15) is 0 Å². The molecule has 0 unspecified atom stereocenters. The first-order valence-electron chi connectivity index (χ1n) is 13.4. The van der Waals surface area contributed by atoms with E-state index in [1.54, 1.807) is 0 Å². The highest BCUT2D eigenvalue weighted by atomic mass is 32.2. The predicted octanol–water partition coefficient (Wildman–Crippen LogP) is 11.2. The second-order valence-electron chi connectivity index (χ2n) is 10.5. The first-order chi connectivity index (χ1) is 19.3. The minimum Gasteiger partial charge on any atom is -0.0888 e. The Morgan fingerprint density at radius 3 is 1.82 bits per heavy atom. The molecule has 0 saturated carbocycles. The molecule has 0 nitrogen and oxygen atoms in total. The lowest BCUT2D eigenvalue weighted by Crippen LogP contribution is -1.93. The van der Waals surface area contributed by atoms with Crippen LogP contribution in [-0.2, 0) is 0 Å². The van der Waals surface area contributed by atoms with Crippen molar-refractivity contribution in [1.82, 2.24) is 0 Å². The Morgan fingerprint density at radius 1 is 0.333 bits per heavy atom. The van der Waals surface area contributed by atoms with Gasteiger partial charge in [-0.2, -0.15) is 0 Å². The summed E-state index contributed by atoms with van der Waals surface area (Å²) in [5, 5.41) is 10.7. The number of benzene rings is 8. The molecule has 0 bridgehead atoms. The van der Waals surface area contributed by atoms with Gasteiger partial charge >= 0.3 is 0 Å². The van der Waals surface area contributed by atoms with Gasteiger partial charge in [-0.3, -0.25) is 0 Å². The average Bonchev–Trinajstić information content (AvgIpc) is 3.00. The first-order valence-corrected chi connectivity index (χ1v) is 14.2. The average molecular weight is 511 g/mol. The Bertz CT molecular complexity index is 2230. The number of hydrogen-bond donors (Lipinski definition) is 0. The molecule has 0 spiro atoms. The van der Waals surface area contributed by atoms with Crippen molar-refractivity contribution in [1.29, 1.82) is 0 Å². The zero-order chi connectivity index (χ0) is 25.5. The third-order valence-corrected chi connectivity index (χ3v) is 9.51. The topological polar surface area (TPSA) is 0 Å². The summed E-state index contributed by atoms with van der Waals surface area (Å²) in [4.78, 5) is 2.67. The van der Waals surface area contributed by atoms with E-state index in [-0.39, 0.29) is 0 Å². The van der Waals surface area contributed by atoms with Gasteiger partial charge in [0.15, 0.2) is 0 Å². The summed E-state index contributed by atoms with van der Waals surface area (Å²) in [5.41, 5.74) is 7.72. The summed E-state index contributed by atoms with van der Waals surface area (Å²) < 4.78 is 0. The summed E-state index contributed by atoms with van der Waals surface area (Å²) in [6, 6.07) is 49.6. The largest absolute Gasteiger partial charge is 0.0888 e. The molecule has 180 valence electrons. The molecule has 0 aromatic heterocycles. The van der Waals surface area contributed by atoms with Crippen LogP contribution in [0.5, 0.6) is 0 Å². The number of rotatable bonds is 2. The van der Waals surface area contributed by atoms with Gasteiger partial charge in [0.05, 0.1) is 0 Å². The third-order valence-electron chi connectivity index (χ3n) is 8.39. The fourth-order valence-electron chi connectivity index (χ4n) is 6.60. The predicted molar refractivity (Wildman–Crippen MR) is 168 cm³/mol. The van der Waals surface area contributed by atoms with Gasteiger partial charge < -0.3 is 0 Å². The van der Waals surface area contributed by atoms with Crippen molar-refractivity contribution in [3.63, 3.8) is 0 Å². The summed E-state index contributed by atoms with van der Waals surface area (Å²) in [7, 11) is 0. The van der Waals surface area contributed by atoms with Gasteiger partial charge in [-0.1, -0.05) is 127 Å². The van der Waals surface area contributed by atoms with Crippen LogP contribution in [0.2, 0.25) is 0 Å². The minimum atomic E-state index is 1.25. The van der Waals surface area contributed by atoms with Crippen molar-refractivity contribution in [2.24, 2.45) is 0 Å². The molecule has 0 radical (unpaired) electrons. The van der Waals surface area contributed by atoms with Crippen LogP contribution in [0.15, 0.2) is 143 Å².